The number of pyridine rings is 1. The molecule has 0 saturated carbocycles. The van der Waals surface area contributed by atoms with Gasteiger partial charge in [-0.2, -0.15) is 18.3 Å². The van der Waals surface area contributed by atoms with Gasteiger partial charge in [-0.15, -0.1) is 0 Å². The van der Waals surface area contributed by atoms with E-state index in [-0.39, 0.29) is 11.5 Å². The molecule has 0 spiro atoms. The highest BCUT2D eigenvalue weighted by Gasteiger charge is 2.38. The van der Waals surface area contributed by atoms with Crippen LogP contribution in [0.4, 0.5) is 13.2 Å². The second-order valence-corrected chi connectivity index (χ2v) is 7.81. The van der Waals surface area contributed by atoms with E-state index in [9.17, 15) is 22.8 Å². The molecule has 1 unspecified atom stereocenters. The largest absolute Gasteiger partial charge is 0.490 e. The molecule has 2 aromatic heterocycles. The Kier molecular flexibility index (Phi) is 7.40. The SMILES string of the molecule is CC(C(=O)NCc1nn(C)c2c1CNCC2)c1cc2ccccc2[nH]c1=O.O=C(O)C(F)(F)F. The van der Waals surface area contributed by atoms with Crippen molar-refractivity contribution in [3.63, 3.8) is 0 Å². The summed E-state index contributed by atoms with van der Waals surface area (Å²) in [5.74, 6) is -3.48. The third-order valence-corrected chi connectivity index (χ3v) is 5.51. The molecule has 1 aliphatic heterocycles. The van der Waals surface area contributed by atoms with E-state index in [4.69, 9.17) is 9.90 Å². The molecule has 1 atom stereocenters. The molecule has 1 amide bonds. The standard InChI is InChI=1S/C20H23N5O2.C2HF3O2/c1-12(14-9-13-5-3-4-6-16(13)23-20(14)27)19(26)22-11-17-15-10-21-8-7-18(15)25(2)24-17;3-2(4,5)1(6)7/h3-6,9,12,21H,7-8,10-11H2,1-2H3,(H,22,26)(H,23,27);(H,6,7). The van der Waals surface area contributed by atoms with Crippen molar-refractivity contribution in [2.75, 3.05) is 6.54 Å². The number of aromatic amines is 1. The normalized spacial score (nSPS) is 14.0. The Morgan fingerprint density at radius 1 is 1.29 bits per heavy atom. The number of para-hydroxylation sites is 1. The molecule has 182 valence electrons. The second kappa shape index (κ2) is 10.1. The average molecular weight is 479 g/mol. The summed E-state index contributed by atoms with van der Waals surface area (Å²) in [5.41, 5.74) is 4.28. The number of hydrogen-bond acceptors (Lipinski definition) is 5. The molecule has 0 radical (unpaired) electrons. The van der Waals surface area contributed by atoms with Crippen LogP contribution >= 0.6 is 0 Å². The van der Waals surface area contributed by atoms with Crippen LogP contribution in [0.1, 0.15) is 35.4 Å². The summed E-state index contributed by atoms with van der Waals surface area (Å²) in [6, 6.07) is 9.35. The molecule has 0 saturated heterocycles. The predicted molar refractivity (Wildman–Crippen MR) is 117 cm³/mol. The third kappa shape index (κ3) is 5.63. The summed E-state index contributed by atoms with van der Waals surface area (Å²) in [7, 11) is 1.94. The van der Waals surface area contributed by atoms with Gasteiger partial charge in [-0.1, -0.05) is 18.2 Å². The number of alkyl halides is 3. The molecule has 9 nitrogen and oxygen atoms in total. The number of fused-ring (bicyclic) bond motifs is 2. The molecular formula is C22H24F3N5O4. The summed E-state index contributed by atoms with van der Waals surface area (Å²) in [4.78, 5) is 36.8. The maximum atomic E-state index is 12.7. The molecule has 1 aliphatic rings. The van der Waals surface area contributed by atoms with E-state index < -0.39 is 18.1 Å². The zero-order valence-electron chi connectivity index (χ0n) is 18.5. The summed E-state index contributed by atoms with van der Waals surface area (Å²) < 4.78 is 33.6. The Morgan fingerprint density at radius 2 is 1.97 bits per heavy atom. The number of halogens is 3. The number of nitrogens with one attached hydrogen (secondary N) is 3. The van der Waals surface area contributed by atoms with Crippen molar-refractivity contribution in [1.29, 1.82) is 0 Å². The fourth-order valence-electron chi connectivity index (χ4n) is 3.69. The van der Waals surface area contributed by atoms with Crippen molar-refractivity contribution in [1.82, 2.24) is 25.4 Å². The summed E-state index contributed by atoms with van der Waals surface area (Å²) in [6.07, 6.45) is -4.14. The lowest BCUT2D eigenvalue weighted by Gasteiger charge is -2.15. The number of benzene rings is 1. The fraction of sp³-hybridized carbons (Fsp3) is 0.364. The first-order valence-corrected chi connectivity index (χ1v) is 10.4. The van der Waals surface area contributed by atoms with Gasteiger partial charge in [-0.3, -0.25) is 14.3 Å². The third-order valence-electron chi connectivity index (χ3n) is 5.51. The van der Waals surface area contributed by atoms with Crippen LogP contribution in [0.15, 0.2) is 35.1 Å². The molecule has 34 heavy (non-hydrogen) atoms. The molecule has 4 rings (SSSR count). The molecular weight excluding hydrogens is 455 g/mol. The minimum Gasteiger partial charge on any atom is -0.475 e. The molecule has 3 heterocycles. The van der Waals surface area contributed by atoms with Crippen molar-refractivity contribution < 1.29 is 27.9 Å². The van der Waals surface area contributed by atoms with Gasteiger partial charge >= 0.3 is 12.1 Å². The number of carbonyl (C=O) groups is 2. The van der Waals surface area contributed by atoms with Crippen molar-refractivity contribution in [2.45, 2.75) is 38.5 Å². The number of carboxylic acid groups (broad SMARTS) is 1. The first-order chi connectivity index (χ1) is 16.0. The van der Waals surface area contributed by atoms with Crippen molar-refractivity contribution in [3.8, 4) is 0 Å². The van der Waals surface area contributed by atoms with E-state index in [1.165, 1.54) is 11.3 Å². The Morgan fingerprint density at radius 3 is 2.65 bits per heavy atom. The molecule has 4 N–H and O–H groups in total. The number of carbonyl (C=O) groups excluding carboxylic acids is 1. The molecule has 1 aromatic carbocycles. The maximum absolute atomic E-state index is 12.7. The lowest BCUT2D eigenvalue weighted by Crippen LogP contribution is -2.31. The molecule has 3 aromatic rings. The van der Waals surface area contributed by atoms with Gasteiger partial charge in [0, 0.05) is 48.9 Å². The van der Waals surface area contributed by atoms with Gasteiger partial charge in [0.15, 0.2) is 0 Å². The van der Waals surface area contributed by atoms with Crippen molar-refractivity contribution in [2.24, 2.45) is 7.05 Å². The number of aryl methyl sites for hydroxylation is 1. The highest BCUT2D eigenvalue weighted by atomic mass is 19.4. The Balaban J connectivity index is 0.000000406. The number of amides is 1. The zero-order chi connectivity index (χ0) is 25.0. The minimum atomic E-state index is -5.08. The van der Waals surface area contributed by atoms with Crippen LogP contribution < -0.4 is 16.2 Å². The average Bonchev–Trinajstić information content (AvgIpc) is 3.12. The van der Waals surface area contributed by atoms with E-state index in [0.717, 1.165) is 36.1 Å². The van der Waals surface area contributed by atoms with E-state index in [2.05, 4.69) is 20.7 Å². The smallest absolute Gasteiger partial charge is 0.475 e. The van der Waals surface area contributed by atoms with Crippen LogP contribution in [-0.2, 0) is 36.1 Å². The van der Waals surface area contributed by atoms with E-state index in [1.54, 1.807) is 13.0 Å². The number of aliphatic carboxylic acids is 1. The number of nitrogens with zero attached hydrogens (tertiary/aromatic N) is 2. The van der Waals surface area contributed by atoms with Gasteiger partial charge in [0.05, 0.1) is 18.2 Å². The van der Waals surface area contributed by atoms with Crippen LogP contribution in [0, 0.1) is 0 Å². The Hall–Kier alpha value is -3.67. The van der Waals surface area contributed by atoms with Crippen LogP contribution in [-0.4, -0.2) is 44.5 Å². The summed E-state index contributed by atoms with van der Waals surface area (Å²) >= 11 is 0. The lowest BCUT2D eigenvalue weighted by molar-refractivity contribution is -0.192. The van der Waals surface area contributed by atoms with Gasteiger partial charge in [0.1, 0.15) is 0 Å². The van der Waals surface area contributed by atoms with Crippen LogP contribution in [0.5, 0.6) is 0 Å². The van der Waals surface area contributed by atoms with Crippen molar-refractivity contribution >= 4 is 22.8 Å². The monoisotopic (exact) mass is 479 g/mol. The zero-order valence-corrected chi connectivity index (χ0v) is 18.5. The van der Waals surface area contributed by atoms with Gasteiger partial charge in [-0.05, 0) is 24.4 Å². The van der Waals surface area contributed by atoms with Gasteiger partial charge < -0.3 is 20.7 Å². The van der Waals surface area contributed by atoms with E-state index >= 15 is 0 Å². The molecule has 0 fully saturated rings. The minimum absolute atomic E-state index is 0.182. The highest BCUT2D eigenvalue weighted by molar-refractivity contribution is 5.85. The highest BCUT2D eigenvalue weighted by Crippen LogP contribution is 2.19. The topological polar surface area (TPSA) is 129 Å². The number of H-pyrrole nitrogens is 1. The first-order valence-electron chi connectivity index (χ1n) is 10.4. The van der Waals surface area contributed by atoms with Crippen LogP contribution in [0.25, 0.3) is 10.9 Å². The Labute approximate surface area is 192 Å². The van der Waals surface area contributed by atoms with Crippen molar-refractivity contribution in [3.05, 3.63) is 63.2 Å². The number of aromatic nitrogens is 3. The van der Waals surface area contributed by atoms with Gasteiger partial charge in [-0.25, -0.2) is 4.79 Å². The number of carboxylic acids is 1. The second-order valence-electron chi connectivity index (χ2n) is 7.81. The molecule has 0 bridgehead atoms. The summed E-state index contributed by atoms with van der Waals surface area (Å²) in [6.45, 7) is 3.83. The predicted octanol–water partition coefficient (Wildman–Crippen LogP) is 1.96. The fourth-order valence-corrected chi connectivity index (χ4v) is 3.69. The van der Waals surface area contributed by atoms with Gasteiger partial charge in [0.25, 0.3) is 5.56 Å². The first kappa shape index (κ1) is 25.0. The number of rotatable bonds is 4. The van der Waals surface area contributed by atoms with Gasteiger partial charge in [0.2, 0.25) is 5.91 Å². The van der Waals surface area contributed by atoms with Crippen LogP contribution in [0.2, 0.25) is 0 Å². The molecule has 12 heteroatoms. The van der Waals surface area contributed by atoms with E-state index in [1.807, 2.05) is 36.0 Å². The summed E-state index contributed by atoms with van der Waals surface area (Å²) in [5, 5.41) is 18.9. The maximum Gasteiger partial charge on any atom is 0.490 e. The number of hydrogen-bond donors (Lipinski definition) is 4. The Bertz CT molecular complexity index is 1270. The quantitative estimate of drug-likeness (QED) is 0.453. The lowest BCUT2D eigenvalue weighted by atomic mass is 10.00. The van der Waals surface area contributed by atoms with Crippen LogP contribution in [0.3, 0.4) is 0 Å². The molecule has 0 aliphatic carbocycles. The van der Waals surface area contributed by atoms with E-state index in [0.29, 0.717) is 12.1 Å².